The van der Waals surface area contributed by atoms with Gasteiger partial charge >= 0.3 is 5.97 Å². The minimum atomic E-state index is -0.653. The van der Waals surface area contributed by atoms with Gasteiger partial charge in [0.25, 0.3) is 5.91 Å². The van der Waals surface area contributed by atoms with Crippen LogP contribution in [0, 0.1) is 0 Å². The van der Waals surface area contributed by atoms with Gasteiger partial charge in [-0.3, -0.25) is 14.6 Å². The monoisotopic (exact) mass is 411 g/mol. The van der Waals surface area contributed by atoms with E-state index in [4.69, 9.17) is 9.57 Å². The van der Waals surface area contributed by atoms with E-state index in [9.17, 15) is 14.4 Å². The van der Waals surface area contributed by atoms with Crippen molar-refractivity contribution < 1.29 is 24.0 Å². The van der Waals surface area contributed by atoms with Crippen LogP contribution in [-0.2, 0) is 14.4 Å². The third-order valence-electron chi connectivity index (χ3n) is 4.01. The number of aldehydes is 1. The Balaban J connectivity index is 1.99. The molecular weight excluding hydrogens is 390 g/mol. The lowest BCUT2D eigenvalue weighted by atomic mass is 10.1. The van der Waals surface area contributed by atoms with Gasteiger partial charge in [0.15, 0.2) is 5.69 Å². The SMILES string of the molecule is CON(CC=O)C(=O)c1ccnc2ccc(-n3cc(C(=O)OC(C)(C)C)nn3)cc12. The highest BCUT2D eigenvalue weighted by molar-refractivity contribution is 6.06. The highest BCUT2D eigenvalue weighted by atomic mass is 16.7. The molecule has 0 saturated heterocycles. The van der Waals surface area contributed by atoms with Crippen LogP contribution in [0.1, 0.15) is 41.6 Å². The maximum atomic E-state index is 12.8. The summed E-state index contributed by atoms with van der Waals surface area (Å²) in [6.07, 6.45) is 3.52. The van der Waals surface area contributed by atoms with Crippen molar-refractivity contribution in [3.63, 3.8) is 0 Å². The van der Waals surface area contributed by atoms with E-state index in [1.165, 1.54) is 24.2 Å². The Morgan fingerprint density at radius 1 is 1.23 bits per heavy atom. The second-order valence-corrected chi connectivity index (χ2v) is 7.33. The predicted octanol–water partition coefficient (Wildman–Crippen LogP) is 1.97. The number of hydroxylamine groups is 2. The molecule has 0 unspecified atom stereocenters. The van der Waals surface area contributed by atoms with E-state index in [0.717, 1.165) is 5.06 Å². The molecule has 3 rings (SSSR count). The van der Waals surface area contributed by atoms with Crippen molar-refractivity contribution in [3.05, 3.63) is 47.9 Å². The number of benzene rings is 1. The summed E-state index contributed by atoms with van der Waals surface area (Å²) in [5.74, 6) is -1.07. The van der Waals surface area contributed by atoms with Crippen LogP contribution >= 0.6 is 0 Å². The Hall–Kier alpha value is -3.66. The summed E-state index contributed by atoms with van der Waals surface area (Å²) in [7, 11) is 1.31. The average molecular weight is 411 g/mol. The number of aromatic nitrogens is 4. The van der Waals surface area contributed by atoms with Crippen LogP contribution in [0.25, 0.3) is 16.6 Å². The molecule has 0 aliphatic rings. The lowest BCUT2D eigenvalue weighted by Gasteiger charge is -2.18. The molecule has 2 aromatic heterocycles. The number of carbonyl (C=O) groups excluding carboxylic acids is 3. The molecule has 10 heteroatoms. The molecule has 10 nitrogen and oxygen atoms in total. The quantitative estimate of drug-likeness (QED) is 0.343. The summed E-state index contributed by atoms with van der Waals surface area (Å²) in [6, 6.07) is 6.68. The molecule has 0 N–H and O–H groups in total. The minimum absolute atomic E-state index is 0.0593. The van der Waals surface area contributed by atoms with Crippen molar-refractivity contribution in [1.29, 1.82) is 0 Å². The first-order chi connectivity index (χ1) is 14.2. The van der Waals surface area contributed by atoms with Crippen LogP contribution in [0.4, 0.5) is 0 Å². The molecule has 0 aliphatic heterocycles. The zero-order chi connectivity index (χ0) is 21.9. The fourth-order valence-electron chi connectivity index (χ4n) is 2.72. The number of amides is 1. The molecule has 2 heterocycles. The molecule has 1 aromatic carbocycles. The number of fused-ring (bicyclic) bond motifs is 1. The smallest absolute Gasteiger partial charge is 0.361 e. The van der Waals surface area contributed by atoms with E-state index in [1.807, 2.05) is 0 Å². The van der Waals surface area contributed by atoms with E-state index >= 15 is 0 Å². The molecule has 1 amide bonds. The van der Waals surface area contributed by atoms with E-state index in [2.05, 4.69) is 15.3 Å². The van der Waals surface area contributed by atoms with E-state index in [-0.39, 0.29) is 12.2 Å². The molecule has 3 aromatic rings. The molecule has 0 spiro atoms. The van der Waals surface area contributed by atoms with Crippen LogP contribution in [0.3, 0.4) is 0 Å². The van der Waals surface area contributed by atoms with E-state index in [1.54, 1.807) is 45.0 Å². The van der Waals surface area contributed by atoms with Gasteiger partial charge in [0.05, 0.1) is 30.1 Å². The van der Waals surface area contributed by atoms with Crippen molar-refractivity contribution in [1.82, 2.24) is 25.0 Å². The van der Waals surface area contributed by atoms with Gasteiger partial charge in [0, 0.05) is 11.6 Å². The van der Waals surface area contributed by atoms with Crippen LogP contribution in [0.5, 0.6) is 0 Å². The lowest BCUT2D eigenvalue weighted by molar-refractivity contribution is -0.124. The number of rotatable bonds is 6. The largest absolute Gasteiger partial charge is 0.455 e. The average Bonchev–Trinajstić information content (AvgIpc) is 3.20. The molecular formula is C20H21N5O5. The maximum absolute atomic E-state index is 12.8. The number of carbonyl (C=O) groups is 3. The summed E-state index contributed by atoms with van der Waals surface area (Å²) in [6.45, 7) is 5.08. The number of hydrogen-bond donors (Lipinski definition) is 0. The normalized spacial score (nSPS) is 11.3. The highest BCUT2D eigenvalue weighted by Gasteiger charge is 2.22. The summed E-state index contributed by atoms with van der Waals surface area (Å²) in [4.78, 5) is 45.0. The van der Waals surface area contributed by atoms with Crippen LogP contribution in [0.2, 0.25) is 0 Å². The first-order valence-electron chi connectivity index (χ1n) is 9.08. The minimum Gasteiger partial charge on any atom is -0.455 e. The zero-order valence-corrected chi connectivity index (χ0v) is 17.0. The number of pyridine rings is 1. The summed E-state index contributed by atoms with van der Waals surface area (Å²) >= 11 is 0. The standard InChI is InChI=1S/C20H21N5O5/c1-20(2,3)30-19(28)17-12-24(23-22-17)13-5-6-16-15(11-13)14(7-8-21-16)18(27)25(29-4)9-10-26/h5-8,10-12H,9H2,1-4H3. The molecule has 0 atom stereocenters. The Morgan fingerprint density at radius 3 is 2.67 bits per heavy atom. The van der Waals surface area contributed by atoms with Gasteiger partial charge in [0.1, 0.15) is 18.4 Å². The number of hydrogen-bond acceptors (Lipinski definition) is 8. The third-order valence-corrected chi connectivity index (χ3v) is 4.01. The van der Waals surface area contributed by atoms with Gasteiger partial charge < -0.3 is 9.53 Å². The van der Waals surface area contributed by atoms with Crippen molar-refractivity contribution in [2.75, 3.05) is 13.7 Å². The molecule has 0 saturated carbocycles. The fourth-order valence-corrected chi connectivity index (χ4v) is 2.72. The van der Waals surface area contributed by atoms with Crippen molar-refractivity contribution in [2.24, 2.45) is 0 Å². The van der Waals surface area contributed by atoms with Gasteiger partial charge in [-0.25, -0.2) is 14.5 Å². The molecule has 0 aliphatic carbocycles. The second kappa shape index (κ2) is 8.37. The number of esters is 1. The van der Waals surface area contributed by atoms with Gasteiger partial charge in [-0.1, -0.05) is 5.21 Å². The first-order valence-corrected chi connectivity index (χ1v) is 9.08. The van der Waals surface area contributed by atoms with Crippen molar-refractivity contribution in [3.8, 4) is 5.69 Å². The predicted molar refractivity (Wildman–Crippen MR) is 106 cm³/mol. The Bertz CT molecular complexity index is 1100. The van der Waals surface area contributed by atoms with Gasteiger partial charge in [-0.05, 0) is 45.0 Å². The summed E-state index contributed by atoms with van der Waals surface area (Å²) in [5, 5.41) is 9.33. The summed E-state index contributed by atoms with van der Waals surface area (Å²) < 4.78 is 6.70. The lowest BCUT2D eigenvalue weighted by Crippen LogP contribution is -2.31. The zero-order valence-electron chi connectivity index (χ0n) is 17.0. The van der Waals surface area contributed by atoms with Crippen LogP contribution in [-0.4, -0.2) is 62.5 Å². The van der Waals surface area contributed by atoms with Crippen LogP contribution in [0.15, 0.2) is 36.7 Å². The molecule has 30 heavy (non-hydrogen) atoms. The Labute approximate surface area is 172 Å². The van der Waals surface area contributed by atoms with Crippen molar-refractivity contribution in [2.45, 2.75) is 26.4 Å². The van der Waals surface area contributed by atoms with Gasteiger partial charge in [-0.2, -0.15) is 0 Å². The van der Waals surface area contributed by atoms with E-state index < -0.39 is 17.5 Å². The Morgan fingerprint density at radius 2 is 2.00 bits per heavy atom. The second-order valence-electron chi connectivity index (χ2n) is 7.33. The fraction of sp³-hybridized carbons (Fsp3) is 0.300. The van der Waals surface area contributed by atoms with Crippen molar-refractivity contribution >= 4 is 29.1 Å². The van der Waals surface area contributed by atoms with E-state index in [0.29, 0.717) is 28.4 Å². The molecule has 0 fully saturated rings. The highest BCUT2D eigenvalue weighted by Crippen LogP contribution is 2.22. The van der Waals surface area contributed by atoms with Gasteiger partial charge in [-0.15, -0.1) is 5.10 Å². The molecule has 0 bridgehead atoms. The maximum Gasteiger partial charge on any atom is 0.361 e. The topological polar surface area (TPSA) is 117 Å². The number of nitrogens with zero attached hydrogens (tertiary/aromatic N) is 5. The Kier molecular flexibility index (Phi) is 5.88. The summed E-state index contributed by atoms with van der Waals surface area (Å²) in [5.41, 5.74) is 0.840. The number of ether oxygens (including phenoxy) is 1. The van der Waals surface area contributed by atoms with Gasteiger partial charge in [0.2, 0.25) is 0 Å². The third kappa shape index (κ3) is 4.49. The first kappa shape index (κ1) is 21.1. The molecule has 156 valence electrons. The molecule has 0 radical (unpaired) electrons. The van der Waals surface area contributed by atoms with Crippen LogP contribution < -0.4 is 0 Å².